The monoisotopic (exact) mass is 362 g/mol. The minimum absolute atomic E-state index is 0.302. The molecular formula is C13H19N2O8P. The molecule has 0 aromatic heterocycles. The lowest BCUT2D eigenvalue weighted by Gasteiger charge is -2.34. The number of hydrogen-bond acceptors (Lipinski definition) is 7. The highest BCUT2D eigenvalue weighted by Crippen LogP contribution is 2.43. The van der Waals surface area contributed by atoms with Gasteiger partial charge in [-0.05, 0) is 13.8 Å². The zero-order valence-electron chi connectivity index (χ0n) is 13.1. The largest absolute Gasteiger partial charge is 0.469 e. The SMILES string of the molecule is C=C1NC(=O)C=CN1[C@@H]1O[C@H](COP(=O)(O)O)[C@H]2OC(C)(C)OC12. The summed E-state index contributed by atoms with van der Waals surface area (Å²) in [6.07, 6.45) is 0.231. The Hall–Kier alpha value is -1.26. The number of hydrogen-bond donors (Lipinski definition) is 3. The van der Waals surface area contributed by atoms with Gasteiger partial charge in [0.25, 0.3) is 5.91 Å². The lowest BCUT2D eigenvalue weighted by Crippen LogP contribution is -2.46. The van der Waals surface area contributed by atoms with Crippen LogP contribution in [0.5, 0.6) is 0 Å². The molecule has 2 fully saturated rings. The van der Waals surface area contributed by atoms with Crippen molar-refractivity contribution in [2.45, 2.75) is 44.2 Å². The fraction of sp³-hybridized carbons (Fsp3) is 0.615. The topological polar surface area (TPSA) is 127 Å². The van der Waals surface area contributed by atoms with Crippen molar-refractivity contribution in [3.05, 3.63) is 24.7 Å². The summed E-state index contributed by atoms with van der Waals surface area (Å²) in [7, 11) is -4.64. The van der Waals surface area contributed by atoms with Crippen LogP contribution in [0.4, 0.5) is 0 Å². The first-order valence-electron chi connectivity index (χ1n) is 7.23. The highest BCUT2D eigenvalue weighted by Gasteiger charge is 2.57. The third kappa shape index (κ3) is 3.55. The van der Waals surface area contributed by atoms with Gasteiger partial charge in [0.1, 0.15) is 24.1 Å². The maximum atomic E-state index is 11.4. The minimum atomic E-state index is -4.64. The number of ether oxygens (including phenoxy) is 3. The van der Waals surface area contributed by atoms with Crippen LogP contribution in [0.25, 0.3) is 0 Å². The standard InChI is InChI=1S/C13H19N2O8P/c1-7-14-9(16)4-5-15(7)12-11-10(22-13(2,3)23-11)8(21-12)6-20-24(17,18)19/h4-5,8,10-12H,1,6H2,2-3H3,(H,14,16)(H2,17,18,19)/t8-,10-,11?,12-/m1/s1. The molecule has 10 nitrogen and oxygen atoms in total. The average Bonchev–Trinajstić information content (AvgIpc) is 2.90. The van der Waals surface area contributed by atoms with Gasteiger partial charge in [0.15, 0.2) is 12.0 Å². The van der Waals surface area contributed by atoms with Gasteiger partial charge in [0.2, 0.25) is 0 Å². The van der Waals surface area contributed by atoms with Gasteiger partial charge in [0, 0.05) is 12.3 Å². The van der Waals surface area contributed by atoms with Gasteiger partial charge in [0.05, 0.1) is 6.61 Å². The Balaban J connectivity index is 1.80. The van der Waals surface area contributed by atoms with Crippen LogP contribution < -0.4 is 5.32 Å². The van der Waals surface area contributed by atoms with Crippen molar-refractivity contribution in [2.24, 2.45) is 0 Å². The Morgan fingerprint density at radius 1 is 1.42 bits per heavy atom. The molecule has 3 rings (SSSR count). The number of rotatable bonds is 4. The van der Waals surface area contributed by atoms with Gasteiger partial charge in [-0.3, -0.25) is 9.32 Å². The number of carbonyl (C=O) groups is 1. The predicted octanol–water partition coefficient (Wildman–Crippen LogP) is -0.243. The molecule has 3 N–H and O–H groups in total. The molecule has 0 aromatic rings. The molecule has 1 amide bonds. The fourth-order valence-electron chi connectivity index (χ4n) is 2.91. The van der Waals surface area contributed by atoms with Gasteiger partial charge in [-0.1, -0.05) is 6.58 Å². The number of nitrogens with zero attached hydrogens (tertiary/aromatic N) is 1. The summed E-state index contributed by atoms with van der Waals surface area (Å²) in [5.41, 5.74) is 0. The van der Waals surface area contributed by atoms with Crippen molar-refractivity contribution < 1.29 is 37.9 Å². The molecule has 11 heteroatoms. The molecule has 0 bridgehead atoms. The first-order chi connectivity index (χ1) is 11.1. The van der Waals surface area contributed by atoms with Crippen LogP contribution in [0.2, 0.25) is 0 Å². The molecule has 3 aliphatic heterocycles. The number of phosphoric ester groups is 1. The molecule has 0 spiro atoms. The fourth-order valence-corrected chi connectivity index (χ4v) is 3.25. The summed E-state index contributed by atoms with van der Waals surface area (Å²) in [6.45, 7) is 6.85. The summed E-state index contributed by atoms with van der Waals surface area (Å²) in [4.78, 5) is 30.7. The first-order valence-corrected chi connectivity index (χ1v) is 8.76. The third-order valence-corrected chi connectivity index (χ3v) is 4.26. The summed E-state index contributed by atoms with van der Waals surface area (Å²) in [6, 6.07) is 0. The maximum absolute atomic E-state index is 11.4. The zero-order valence-corrected chi connectivity index (χ0v) is 14.0. The van der Waals surface area contributed by atoms with E-state index in [2.05, 4.69) is 16.4 Å². The van der Waals surface area contributed by atoms with Crippen molar-refractivity contribution in [3.63, 3.8) is 0 Å². The highest BCUT2D eigenvalue weighted by molar-refractivity contribution is 7.46. The molecule has 3 aliphatic rings. The van der Waals surface area contributed by atoms with Crippen molar-refractivity contribution in [1.29, 1.82) is 0 Å². The Morgan fingerprint density at radius 2 is 2.08 bits per heavy atom. The van der Waals surface area contributed by atoms with E-state index in [0.717, 1.165) is 0 Å². The van der Waals surface area contributed by atoms with Crippen molar-refractivity contribution in [1.82, 2.24) is 10.2 Å². The molecule has 0 aliphatic carbocycles. The molecule has 134 valence electrons. The summed E-state index contributed by atoms with van der Waals surface area (Å²) < 4.78 is 32.9. The van der Waals surface area contributed by atoms with Gasteiger partial charge in [-0.15, -0.1) is 0 Å². The van der Waals surface area contributed by atoms with Crippen LogP contribution in [0.3, 0.4) is 0 Å². The zero-order chi connectivity index (χ0) is 17.7. The van der Waals surface area contributed by atoms with E-state index in [1.165, 1.54) is 12.3 Å². The number of nitrogens with one attached hydrogen (secondary N) is 1. The van der Waals surface area contributed by atoms with Crippen LogP contribution in [-0.4, -0.2) is 57.5 Å². The second-order valence-electron chi connectivity index (χ2n) is 6.08. The molecule has 0 aromatic carbocycles. The molecular weight excluding hydrogens is 343 g/mol. The Morgan fingerprint density at radius 3 is 2.71 bits per heavy atom. The molecule has 4 atom stereocenters. The Bertz CT molecular complexity index is 629. The first kappa shape index (κ1) is 17.6. The van der Waals surface area contributed by atoms with E-state index in [-0.39, 0.29) is 12.5 Å². The van der Waals surface area contributed by atoms with E-state index < -0.39 is 38.1 Å². The molecule has 24 heavy (non-hydrogen) atoms. The van der Waals surface area contributed by atoms with Crippen LogP contribution in [-0.2, 0) is 28.1 Å². The Labute approximate surface area is 138 Å². The smallest absolute Gasteiger partial charge is 0.347 e. The maximum Gasteiger partial charge on any atom is 0.469 e. The molecule has 0 saturated carbocycles. The van der Waals surface area contributed by atoms with E-state index >= 15 is 0 Å². The van der Waals surface area contributed by atoms with Crippen LogP contribution in [0, 0.1) is 0 Å². The number of amides is 1. The summed E-state index contributed by atoms with van der Waals surface area (Å²) in [5, 5.41) is 2.55. The minimum Gasteiger partial charge on any atom is -0.347 e. The average molecular weight is 362 g/mol. The highest BCUT2D eigenvalue weighted by atomic mass is 31.2. The molecule has 1 unspecified atom stereocenters. The van der Waals surface area contributed by atoms with Crippen molar-refractivity contribution in [2.75, 3.05) is 6.61 Å². The third-order valence-electron chi connectivity index (χ3n) is 3.77. The molecule has 2 saturated heterocycles. The lowest BCUT2D eigenvalue weighted by atomic mass is 10.1. The number of phosphoric acid groups is 1. The second-order valence-corrected chi connectivity index (χ2v) is 7.31. The van der Waals surface area contributed by atoms with E-state index in [9.17, 15) is 9.36 Å². The van der Waals surface area contributed by atoms with Gasteiger partial charge in [-0.25, -0.2) is 4.57 Å². The van der Waals surface area contributed by atoms with Crippen LogP contribution in [0.15, 0.2) is 24.7 Å². The van der Waals surface area contributed by atoms with E-state index in [1.807, 2.05) is 0 Å². The van der Waals surface area contributed by atoms with Gasteiger partial charge >= 0.3 is 7.82 Å². The van der Waals surface area contributed by atoms with E-state index in [1.54, 1.807) is 18.7 Å². The van der Waals surface area contributed by atoms with E-state index in [4.69, 9.17) is 24.0 Å². The summed E-state index contributed by atoms with van der Waals surface area (Å²) in [5.74, 6) is -0.894. The normalized spacial score (nSPS) is 35.2. The molecule has 3 heterocycles. The second kappa shape index (κ2) is 5.92. The van der Waals surface area contributed by atoms with Crippen molar-refractivity contribution in [3.8, 4) is 0 Å². The summed E-state index contributed by atoms with van der Waals surface area (Å²) >= 11 is 0. The quantitative estimate of drug-likeness (QED) is 0.581. The van der Waals surface area contributed by atoms with Crippen molar-refractivity contribution >= 4 is 13.7 Å². The Kier molecular flexibility index (Phi) is 4.33. The lowest BCUT2D eigenvalue weighted by molar-refractivity contribution is -0.202. The van der Waals surface area contributed by atoms with Gasteiger partial charge < -0.3 is 34.2 Å². The van der Waals surface area contributed by atoms with Gasteiger partial charge in [-0.2, -0.15) is 0 Å². The predicted molar refractivity (Wildman–Crippen MR) is 78.7 cm³/mol. The molecule has 0 radical (unpaired) electrons. The number of carbonyl (C=O) groups excluding carboxylic acids is 1. The van der Waals surface area contributed by atoms with Crippen LogP contribution >= 0.6 is 7.82 Å². The number of fused-ring (bicyclic) bond motifs is 1. The van der Waals surface area contributed by atoms with Crippen LogP contribution in [0.1, 0.15) is 13.8 Å². The van der Waals surface area contributed by atoms with E-state index in [0.29, 0.717) is 5.82 Å².